The number of hydrogen-bond acceptors (Lipinski definition) is 8. The minimum Gasteiger partial charge on any atom is -0.493 e. The largest absolute Gasteiger partial charge is 0.493 e. The third kappa shape index (κ3) is 3.95. The molecular formula is C19H24N4O4. The quantitative estimate of drug-likeness (QED) is 0.597. The summed E-state index contributed by atoms with van der Waals surface area (Å²) in [6.45, 7) is 4.99. The van der Waals surface area contributed by atoms with E-state index in [-0.39, 0.29) is 6.04 Å². The fourth-order valence-corrected chi connectivity index (χ4v) is 3.00. The van der Waals surface area contributed by atoms with Crippen LogP contribution in [0.25, 0.3) is 11.2 Å². The summed E-state index contributed by atoms with van der Waals surface area (Å²) in [6, 6.07) is 5.90. The maximum Gasteiger partial charge on any atom is 0.252 e. The fraction of sp³-hybridized carbons (Fsp3) is 0.421. The highest BCUT2D eigenvalue weighted by molar-refractivity contribution is 5.81. The second-order valence-electron chi connectivity index (χ2n) is 6.21. The Labute approximate surface area is 158 Å². The fourth-order valence-electron chi connectivity index (χ4n) is 3.00. The number of methoxy groups -OCH3 is 3. The van der Waals surface area contributed by atoms with E-state index in [0.717, 1.165) is 5.56 Å². The SMILES string of the molecule is COC[C@H](C)N(Cc1ccc(OC)c(OC)c1)c1ncnc2oc(C)nc12. The molecule has 0 unspecified atom stereocenters. The minimum atomic E-state index is 0.0539. The Balaban J connectivity index is 2.01. The number of hydrogen-bond donors (Lipinski definition) is 0. The van der Waals surface area contributed by atoms with Crippen molar-refractivity contribution in [1.82, 2.24) is 15.0 Å². The normalized spacial score (nSPS) is 12.2. The molecular weight excluding hydrogens is 348 g/mol. The van der Waals surface area contributed by atoms with Gasteiger partial charge in [0.05, 0.1) is 26.9 Å². The molecule has 0 radical (unpaired) electrons. The van der Waals surface area contributed by atoms with Gasteiger partial charge in [-0.2, -0.15) is 4.98 Å². The average molecular weight is 372 g/mol. The van der Waals surface area contributed by atoms with Crippen molar-refractivity contribution in [3.05, 3.63) is 36.0 Å². The number of aromatic nitrogens is 3. The van der Waals surface area contributed by atoms with Gasteiger partial charge in [0.15, 0.2) is 28.7 Å². The van der Waals surface area contributed by atoms with Crippen LogP contribution >= 0.6 is 0 Å². The molecule has 0 N–H and O–H groups in total. The van der Waals surface area contributed by atoms with Crippen LogP contribution in [0.2, 0.25) is 0 Å². The molecule has 0 saturated heterocycles. The molecule has 0 saturated carbocycles. The van der Waals surface area contributed by atoms with Crippen molar-refractivity contribution in [3.8, 4) is 11.5 Å². The van der Waals surface area contributed by atoms with Crippen molar-refractivity contribution >= 4 is 17.0 Å². The lowest BCUT2D eigenvalue weighted by Gasteiger charge is -2.30. The molecule has 0 fully saturated rings. The molecule has 2 aromatic heterocycles. The van der Waals surface area contributed by atoms with Crippen LogP contribution in [0.5, 0.6) is 11.5 Å². The van der Waals surface area contributed by atoms with E-state index in [1.807, 2.05) is 18.2 Å². The summed E-state index contributed by atoms with van der Waals surface area (Å²) in [5.41, 5.74) is 2.15. The Kier molecular flexibility index (Phi) is 5.75. The summed E-state index contributed by atoms with van der Waals surface area (Å²) in [5.74, 6) is 2.63. The summed E-state index contributed by atoms with van der Waals surface area (Å²) < 4.78 is 21.7. The number of ether oxygens (including phenoxy) is 3. The van der Waals surface area contributed by atoms with Crippen molar-refractivity contribution in [3.63, 3.8) is 0 Å². The van der Waals surface area contributed by atoms with E-state index in [1.54, 1.807) is 28.3 Å². The van der Waals surface area contributed by atoms with Gasteiger partial charge in [-0.3, -0.25) is 0 Å². The molecule has 0 aliphatic rings. The van der Waals surface area contributed by atoms with Crippen molar-refractivity contribution in [1.29, 1.82) is 0 Å². The van der Waals surface area contributed by atoms with E-state index in [1.165, 1.54) is 6.33 Å². The Morgan fingerprint density at radius 2 is 1.89 bits per heavy atom. The van der Waals surface area contributed by atoms with Gasteiger partial charge < -0.3 is 23.5 Å². The van der Waals surface area contributed by atoms with Gasteiger partial charge in [-0.25, -0.2) is 9.97 Å². The van der Waals surface area contributed by atoms with Crippen molar-refractivity contribution in [2.45, 2.75) is 26.4 Å². The third-order valence-electron chi connectivity index (χ3n) is 4.30. The van der Waals surface area contributed by atoms with Crippen LogP contribution in [-0.4, -0.2) is 48.9 Å². The number of benzene rings is 1. The number of anilines is 1. The van der Waals surface area contributed by atoms with E-state index in [4.69, 9.17) is 18.6 Å². The van der Waals surface area contributed by atoms with Gasteiger partial charge in [-0.1, -0.05) is 6.07 Å². The molecule has 2 heterocycles. The van der Waals surface area contributed by atoms with Gasteiger partial charge in [-0.05, 0) is 24.6 Å². The zero-order valence-corrected chi connectivity index (χ0v) is 16.2. The van der Waals surface area contributed by atoms with Crippen LogP contribution in [0.4, 0.5) is 5.82 Å². The minimum absolute atomic E-state index is 0.0539. The number of nitrogens with zero attached hydrogens (tertiary/aromatic N) is 4. The van der Waals surface area contributed by atoms with Crippen molar-refractivity contribution in [2.75, 3.05) is 32.8 Å². The monoisotopic (exact) mass is 372 g/mol. The molecule has 3 rings (SSSR count). The molecule has 1 atom stereocenters. The topological polar surface area (TPSA) is 82.7 Å². The lowest BCUT2D eigenvalue weighted by atomic mass is 10.1. The van der Waals surface area contributed by atoms with Crippen LogP contribution in [0.3, 0.4) is 0 Å². The molecule has 0 amide bonds. The highest BCUT2D eigenvalue weighted by atomic mass is 16.5. The van der Waals surface area contributed by atoms with Gasteiger partial charge in [0, 0.05) is 20.6 Å². The predicted octanol–water partition coefficient (Wildman–Crippen LogP) is 2.98. The van der Waals surface area contributed by atoms with Gasteiger partial charge in [0.25, 0.3) is 5.71 Å². The number of rotatable bonds is 8. The van der Waals surface area contributed by atoms with E-state index < -0.39 is 0 Å². The van der Waals surface area contributed by atoms with E-state index in [0.29, 0.717) is 47.6 Å². The van der Waals surface area contributed by atoms with Crippen LogP contribution in [0.15, 0.2) is 28.9 Å². The van der Waals surface area contributed by atoms with E-state index in [2.05, 4.69) is 26.8 Å². The molecule has 8 nitrogen and oxygen atoms in total. The Morgan fingerprint density at radius 3 is 2.59 bits per heavy atom. The highest BCUT2D eigenvalue weighted by Gasteiger charge is 2.22. The van der Waals surface area contributed by atoms with Crippen LogP contribution < -0.4 is 14.4 Å². The second-order valence-corrected chi connectivity index (χ2v) is 6.21. The molecule has 0 spiro atoms. The van der Waals surface area contributed by atoms with Gasteiger partial charge in [-0.15, -0.1) is 0 Å². The first-order valence-electron chi connectivity index (χ1n) is 8.62. The molecule has 8 heteroatoms. The first-order valence-corrected chi connectivity index (χ1v) is 8.62. The summed E-state index contributed by atoms with van der Waals surface area (Å²) >= 11 is 0. The zero-order chi connectivity index (χ0) is 19.4. The van der Waals surface area contributed by atoms with Gasteiger partial charge >= 0.3 is 0 Å². The van der Waals surface area contributed by atoms with Crippen LogP contribution in [0.1, 0.15) is 18.4 Å². The van der Waals surface area contributed by atoms with Crippen molar-refractivity contribution < 1.29 is 18.6 Å². The second kappa shape index (κ2) is 8.22. The summed E-state index contributed by atoms with van der Waals surface area (Å²) in [5, 5.41) is 0. The predicted molar refractivity (Wildman–Crippen MR) is 101 cm³/mol. The van der Waals surface area contributed by atoms with Gasteiger partial charge in [0.1, 0.15) is 6.33 Å². The Hall–Kier alpha value is -2.87. The lowest BCUT2D eigenvalue weighted by Crippen LogP contribution is -2.36. The zero-order valence-electron chi connectivity index (χ0n) is 16.2. The number of aryl methyl sites for hydroxylation is 1. The molecule has 0 bridgehead atoms. The molecule has 144 valence electrons. The van der Waals surface area contributed by atoms with E-state index >= 15 is 0 Å². The van der Waals surface area contributed by atoms with Gasteiger partial charge in [0.2, 0.25) is 0 Å². The molecule has 3 aromatic rings. The first kappa shape index (κ1) is 18.9. The Bertz CT molecular complexity index is 912. The molecule has 0 aliphatic carbocycles. The summed E-state index contributed by atoms with van der Waals surface area (Å²) in [7, 11) is 4.93. The highest BCUT2D eigenvalue weighted by Crippen LogP contribution is 2.30. The first-order chi connectivity index (χ1) is 13.1. The van der Waals surface area contributed by atoms with Crippen LogP contribution in [0, 0.1) is 6.92 Å². The number of fused-ring (bicyclic) bond motifs is 1. The van der Waals surface area contributed by atoms with Crippen molar-refractivity contribution in [2.24, 2.45) is 0 Å². The standard InChI is InChI=1S/C19H24N4O4/c1-12(10-24-3)23(9-14-6-7-15(25-4)16(8-14)26-5)18-17-19(21-11-20-18)27-13(2)22-17/h6-8,11-12H,9-10H2,1-5H3/t12-/m0/s1. The summed E-state index contributed by atoms with van der Waals surface area (Å²) in [6.07, 6.45) is 1.49. The lowest BCUT2D eigenvalue weighted by molar-refractivity contribution is 0.181. The van der Waals surface area contributed by atoms with E-state index in [9.17, 15) is 0 Å². The number of oxazole rings is 1. The maximum atomic E-state index is 5.56. The molecule has 0 aliphatic heterocycles. The third-order valence-corrected chi connectivity index (χ3v) is 4.30. The van der Waals surface area contributed by atoms with Crippen LogP contribution in [-0.2, 0) is 11.3 Å². The smallest absolute Gasteiger partial charge is 0.252 e. The Morgan fingerprint density at radius 1 is 1.11 bits per heavy atom. The molecule has 1 aromatic carbocycles. The summed E-state index contributed by atoms with van der Waals surface area (Å²) in [4.78, 5) is 15.2. The average Bonchev–Trinajstić information content (AvgIpc) is 3.06. The molecule has 27 heavy (non-hydrogen) atoms. The maximum absolute atomic E-state index is 5.56.